The van der Waals surface area contributed by atoms with E-state index >= 15 is 0 Å². The molecule has 1 heterocycles. The van der Waals surface area contributed by atoms with Gasteiger partial charge in [-0.2, -0.15) is 0 Å². The van der Waals surface area contributed by atoms with Crippen LogP contribution >= 0.6 is 0 Å². The molecule has 1 aliphatic rings. The second-order valence-electron chi connectivity index (χ2n) is 3.66. The summed E-state index contributed by atoms with van der Waals surface area (Å²) in [6, 6.07) is 0.700. The van der Waals surface area contributed by atoms with E-state index in [4.69, 9.17) is 4.74 Å². The van der Waals surface area contributed by atoms with Gasteiger partial charge in [-0.3, -0.25) is 4.79 Å². The lowest BCUT2D eigenvalue weighted by Crippen LogP contribution is -2.49. The SMILES string of the molecule is CC(C)NCCC(=O)NC1COC1. The molecule has 4 nitrogen and oxygen atoms in total. The normalized spacial score (nSPS) is 17.2. The minimum absolute atomic E-state index is 0.112. The third kappa shape index (κ3) is 4.24. The number of ether oxygens (including phenoxy) is 1. The fraction of sp³-hybridized carbons (Fsp3) is 0.889. The minimum atomic E-state index is 0.112. The van der Waals surface area contributed by atoms with Gasteiger partial charge >= 0.3 is 0 Å². The summed E-state index contributed by atoms with van der Waals surface area (Å²) in [5.41, 5.74) is 0. The van der Waals surface area contributed by atoms with E-state index in [0.29, 0.717) is 25.7 Å². The van der Waals surface area contributed by atoms with Gasteiger partial charge in [0.25, 0.3) is 0 Å². The molecule has 1 fully saturated rings. The van der Waals surface area contributed by atoms with Crippen LogP contribution in [0.15, 0.2) is 0 Å². The van der Waals surface area contributed by atoms with Crippen molar-refractivity contribution < 1.29 is 9.53 Å². The maximum Gasteiger partial charge on any atom is 0.221 e. The zero-order valence-electron chi connectivity index (χ0n) is 8.30. The van der Waals surface area contributed by atoms with Crippen LogP contribution in [0, 0.1) is 0 Å². The topological polar surface area (TPSA) is 50.4 Å². The van der Waals surface area contributed by atoms with Crippen molar-refractivity contribution in [3.8, 4) is 0 Å². The molecule has 1 amide bonds. The van der Waals surface area contributed by atoms with E-state index in [9.17, 15) is 4.79 Å². The quantitative estimate of drug-likeness (QED) is 0.630. The Hall–Kier alpha value is -0.610. The van der Waals surface area contributed by atoms with Crippen LogP contribution in [0.5, 0.6) is 0 Å². The van der Waals surface area contributed by atoms with Crippen LogP contribution in [0.3, 0.4) is 0 Å². The highest BCUT2D eigenvalue weighted by atomic mass is 16.5. The van der Waals surface area contributed by atoms with Crippen LogP contribution in [-0.4, -0.2) is 37.7 Å². The Morgan fingerprint density at radius 2 is 2.23 bits per heavy atom. The summed E-state index contributed by atoms with van der Waals surface area (Å²) in [7, 11) is 0. The number of carbonyl (C=O) groups excluding carboxylic acids is 1. The number of amides is 1. The summed E-state index contributed by atoms with van der Waals surface area (Å²) in [5, 5.41) is 6.08. The summed E-state index contributed by atoms with van der Waals surface area (Å²) in [6.45, 7) is 6.22. The average Bonchev–Trinajstić information content (AvgIpc) is 1.96. The fourth-order valence-corrected chi connectivity index (χ4v) is 1.09. The Balaban J connectivity index is 1.97. The number of hydrogen-bond acceptors (Lipinski definition) is 3. The van der Waals surface area contributed by atoms with Crippen LogP contribution in [0.1, 0.15) is 20.3 Å². The van der Waals surface area contributed by atoms with E-state index in [1.54, 1.807) is 0 Å². The van der Waals surface area contributed by atoms with Crippen molar-refractivity contribution in [1.82, 2.24) is 10.6 Å². The number of nitrogens with one attached hydrogen (secondary N) is 2. The highest BCUT2D eigenvalue weighted by Crippen LogP contribution is 1.99. The zero-order chi connectivity index (χ0) is 9.68. The molecule has 0 aliphatic carbocycles. The summed E-state index contributed by atoms with van der Waals surface area (Å²) >= 11 is 0. The van der Waals surface area contributed by atoms with Crippen LogP contribution in [0.2, 0.25) is 0 Å². The molecule has 0 unspecified atom stereocenters. The maximum absolute atomic E-state index is 11.2. The Morgan fingerprint density at radius 3 is 2.69 bits per heavy atom. The van der Waals surface area contributed by atoms with Gasteiger partial charge < -0.3 is 15.4 Å². The van der Waals surface area contributed by atoms with E-state index in [-0.39, 0.29) is 11.9 Å². The predicted molar refractivity (Wildman–Crippen MR) is 50.5 cm³/mol. The van der Waals surface area contributed by atoms with E-state index in [0.717, 1.165) is 6.54 Å². The highest BCUT2D eigenvalue weighted by Gasteiger charge is 2.19. The van der Waals surface area contributed by atoms with E-state index in [1.165, 1.54) is 0 Å². The smallest absolute Gasteiger partial charge is 0.221 e. The first-order valence-electron chi connectivity index (χ1n) is 4.79. The molecule has 0 atom stereocenters. The third-order valence-corrected chi connectivity index (χ3v) is 1.91. The molecule has 2 N–H and O–H groups in total. The zero-order valence-corrected chi connectivity index (χ0v) is 8.30. The van der Waals surface area contributed by atoms with Crippen molar-refractivity contribution in [2.24, 2.45) is 0 Å². The molecule has 76 valence electrons. The van der Waals surface area contributed by atoms with Gasteiger partial charge in [0, 0.05) is 19.0 Å². The molecule has 1 aliphatic heterocycles. The highest BCUT2D eigenvalue weighted by molar-refractivity contribution is 5.76. The molecular formula is C9H18N2O2. The fourth-order valence-electron chi connectivity index (χ4n) is 1.09. The number of hydrogen-bond donors (Lipinski definition) is 2. The Morgan fingerprint density at radius 1 is 1.54 bits per heavy atom. The number of carbonyl (C=O) groups is 1. The molecule has 4 heteroatoms. The van der Waals surface area contributed by atoms with E-state index < -0.39 is 0 Å². The minimum Gasteiger partial charge on any atom is -0.377 e. The van der Waals surface area contributed by atoms with Crippen LogP contribution in [-0.2, 0) is 9.53 Å². The lowest BCUT2D eigenvalue weighted by molar-refractivity contribution is -0.125. The second kappa shape index (κ2) is 5.19. The molecule has 0 aromatic heterocycles. The Bertz CT molecular complexity index is 167. The molecule has 1 saturated heterocycles. The van der Waals surface area contributed by atoms with Gasteiger partial charge in [0.1, 0.15) is 0 Å². The molecule has 0 radical (unpaired) electrons. The van der Waals surface area contributed by atoms with Crippen molar-refractivity contribution >= 4 is 5.91 Å². The summed E-state index contributed by atoms with van der Waals surface area (Å²) < 4.78 is 4.95. The van der Waals surface area contributed by atoms with Crippen molar-refractivity contribution in [2.45, 2.75) is 32.4 Å². The maximum atomic E-state index is 11.2. The standard InChI is InChI=1S/C9H18N2O2/c1-7(2)10-4-3-9(12)11-8-5-13-6-8/h7-8,10H,3-6H2,1-2H3,(H,11,12). The van der Waals surface area contributed by atoms with E-state index in [1.807, 2.05) is 0 Å². The summed E-state index contributed by atoms with van der Waals surface area (Å²) in [5.74, 6) is 0.112. The molecule has 0 saturated carbocycles. The Kier molecular flexibility index (Phi) is 4.18. The molecular weight excluding hydrogens is 168 g/mol. The first-order valence-corrected chi connectivity index (χ1v) is 4.79. The van der Waals surface area contributed by atoms with Crippen LogP contribution < -0.4 is 10.6 Å². The predicted octanol–water partition coefficient (Wildman–Crippen LogP) is -0.110. The molecule has 0 aromatic carbocycles. The summed E-state index contributed by atoms with van der Waals surface area (Å²) in [6.07, 6.45) is 0.550. The molecule has 13 heavy (non-hydrogen) atoms. The first-order chi connectivity index (χ1) is 6.18. The van der Waals surface area contributed by atoms with Gasteiger partial charge in [-0.05, 0) is 0 Å². The van der Waals surface area contributed by atoms with Crippen LogP contribution in [0.25, 0.3) is 0 Å². The number of rotatable bonds is 5. The van der Waals surface area contributed by atoms with Crippen molar-refractivity contribution in [2.75, 3.05) is 19.8 Å². The van der Waals surface area contributed by atoms with Gasteiger partial charge in [-0.15, -0.1) is 0 Å². The Labute approximate surface area is 79.0 Å². The van der Waals surface area contributed by atoms with Crippen LogP contribution in [0.4, 0.5) is 0 Å². The van der Waals surface area contributed by atoms with Gasteiger partial charge in [0.2, 0.25) is 5.91 Å². The molecule has 0 spiro atoms. The van der Waals surface area contributed by atoms with Gasteiger partial charge in [0.15, 0.2) is 0 Å². The lowest BCUT2D eigenvalue weighted by Gasteiger charge is -2.26. The van der Waals surface area contributed by atoms with Gasteiger partial charge in [0.05, 0.1) is 19.3 Å². The second-order valence-corrected chi connectivity index (χ2v) is 3.66. The third-order valence-electron chi connectivity index (χ3n) is 1.91. The van der Waals surface area contributed by atoms with Gasteiger partial charge in [-0.25, -0.2) is 0 Å². The van der Waals surface area contributed by atoms with Crippen molar-refractivity contribution in [1.29, 1.82) is 0 Å². The van der Waals surface area contributed by atoms with Crippen molar-refractivity contribution in [3.63, 3.8) is 0 Å². The molecule has 0 aromatic rings. The van der Waals surface area contributed by atoms with E-state index in [2.05, 4.69) is 24.5 Å². The lowest BCUT2D eigenvalue weighted by atomic mass is 10.2. The van der Waals surface area contributed by atoms with Crippen molar-refractivity contribution in [3.05, 3.63) is 0 Å². The average molecular weight is 186 g/mol. The van der Waals surface area contributed by atoms with Gasteiger partial charge in [-0.1, -0.05) is 13.8 Å². The largest absolute Gasteiger partial charge is 0.377 e. The summed E-state index contributed by atoms with van der Waals surface area (Å²) in [4.78, 5) is 11.2. The monoisotopic (exact) mass is 186 g/mol. The molecule has 1 rings (SSSR count). The first kappa shape index (κ1) is 10.5. The molecule has 0 bridgehead atoms.